The topological polar surface area (TPSA) is 103 Å². The molecule has 0 saturated carbocycles. The van der Waals surface area contributed by atoms with Crippen molar-refractivity contribution in [2.45, 2.75) is 75.8 Å². The minimum absolute atomic E-state index is 0.126. The summed E-state index contributed by atoms with van der Waals surface area (Å²) < 4.78 is 4.83. The number of hydrogen-bond donors (Lipinski definition) is 4. The van der Waals surface area contributed by atoms with Gasteiger partial charge in [-0.3, -0.25) is 20.1 Å². The third kappa shape index (κ3) is 4.51. The molecule has 3 aliphatic heterocycles. The highest BCUT2D eigenvalue weighted by Gasteiger charge is 2.40. The molecule has 5 heterocycles. The van der Waals surface area contributed by atoms with Gasteiger partial charge in [0.2, 0.25) is 0 Å². The fourth-order valence-electron chi connectivity index (χ4n) is 5.52. The molecule has 4 N–H and O–H groups in total. The van der Waals surface area contributed by atoms with E-state index in [9.17, 15) is 4.79 Å². The smallest absolute Gasteiger partial charge is 0.306 e. The average molecular weight is 440 g/mol. The summed E-state index contributed by atoms with van der Waals surface area (Å²) in [4.78, 5) is 23.6. The van der Waals surface area contributed by atoms with Gasteiger partial charge >= 0.3 is 5.97 Å². The third-order valence-corrected chi connectivity index (χ3v) is 7.04. The largest absolute Gasteiger partial charge is 0.469 e. The molecule has 2 aromatic rings. The number of esters is 1. The van der Waals surface area contributed by atoms with Gasteiger partial charge in [0.15, 0.2) is 0 Å². The fraction of sp³-hybridized carbons (Fsp3) is 0.609. The molecule has 9 heteroatoms. The second kappa shape index (κ2) is 9.17. The zero-order valence-corrected chi connectivity index (χ0v) is 18.8. The first-order valence-electron chi connectivity index (χ1n) is 11.7. The van der Waals surface area contributed by atoms with Gasteiger partial charge < -0.3 is 15.4 Å². The van der Waals surface area contributed by atoms with E-state index in [1.54, 1.807) is 0 Å². The Balaban J connectivity index is 1.30. The molecular weight excluding hydrogens is 406 g/mol. The van der Waals surface area contributed by atoms with Crippen LogP contribution in [0.15, 0.2) is 24.4 Å². The summed E-state index contributed by atoms with van der Waals surface area (Å²) in [6.07, 6.45) is 7.93. The number of rotatable bonds is 7. The van der Waals surface area contributed by atoms with Gasteiger partial charge in [0.05, 0.1) is 25.2 Å². The van der Waals surface area contributed by atoms with Crippen LogP contribution < -0.4 is 21.5 Å². The predicted octanol–water partition coefficient (Wildman–Crippen LogP) is 2.22. The van der Waals surface area contributed by atoms with Crippen LogP contribution in [-0.2, 0) is 9.53 Å². The van der Waals surface area contributed by atoms with Gasteiger partial charge in [-0.15, -0.1) is 0 Å². The van der Waals surface area contributed by atoms with E-state index in [2.05, 4.69) is 44.4 Å². The predicted molar refractivity (Wildman–Crippen MR) is 124 cm³/mol. The van der Waals surface area contributed by atoms with E-state index >= 15 is 0 Å². The molecule has 0 amide bonds. The minimum atomic E-state index is -0.126. The van der Waals surface area contributed by atoms with E-state index in [1.807, 2.05) is 18.3 Å². The number of ether oxygens (including phenoxy) is 1. The van der Waals surface area contributed by atoms with Crippen molar-refractivity contribution in [3.05, 3.63) is 24.4 Å². The Labute approximate surface area is 188 Å². The van der Waals surface area contributed by atoms with Crippen molar-refractivity contribution >= 4 is 28.5 Å². The second-order valence-corrected chi connectivity index (χ2v) is 9.31. The van der Waals surface area contributed by atoms with Crippen LogP contribution >= 0.6 is 0 Å². The van der Waals surface area contributed by atoms with E-state index in [-0.39, 0.29) is 12.1 Å². The molecule has 3 unspecified atom stereocenters. The lowest BCUT2D eigenvalue weighted by molar-refractivity contribution is -0.141. The molecule has 5 atom stereocenters. The first-order chi connectivity index (χ1) is 15.6. The Morgan fingerprint density at radius 1 is 1.22 bits per heavy atom. The van der Waals surface area contributed by atoms with Gasteiger partial charge in [0.25, 0.3) is 0 Å². The summed E-state index contributed by atoms with van der Waals surface area (Å²) in [6.45, 7) is 2.95. The molecule has 9 nitrogen and oxygen atoms in total. The molecular formula is C23H33N7O2. The molecule has 5 rings (SSSR count). The van der Waals surface area contributed by atoms with Crippen LogP contribution in [0.4, 0.5) is 11.6 Å². The summed E-state index contributed by atoms with van der Waals surface area (Å²) in [6, 6.07) is 7.87. The number of carbonyl (C=O) groups excluding carboxylic acids is 1. The van der Waals surface area contributed by atoms with E-state index in [0.717, 1.165) is 48.3 Å². The molecule has 0 aliphatic carbocycles. The summed E-state index contributed by atoms with van der Waals surface area (Å²) in [5.41, 5.74) is 7.45. The maximum Gasteiger partial charge on any atom is 0.306 e. The Hall–Kier alpha value is -2.49. The van der Waals surface area contributed by atoms with E-state index in [0.29, 0.717) is 30.6 Å². The number of fused-ring (bicyclic) bond motifs is 3. The second-order valence-electron chi connectivity index (χ2n) is 9.31. The van der Waals surface area contributed by atoms with Gasteiger partial charge in [0.1, 0.15) is 11.6 Å². The lowest BCUT2D eigenvalue weighted by atomic mass is 9.97. The van der Waals surface area contributed by atoms with Crippen LogP contribution in [0.1, 0.15) is 45.4 Å². The van der Waals surface area contributed by atoms with E-state index in [1.165, 1.54) is 20.0 Å². The SMILES string of the molecule is COC(=O)CCN1[C@@H]2CC[C@H]1CC(Nc1nc(NC3CC(C)NN3)cc3ncccc13)C2. The lowest BCUT2D eigenvalue weighted by Crippen LogP contribution is -2.47. The van der Waals surface area contributed by atoms with Gasteiger partial charge in [0, 0.05) is 48.4 Å². The maximum absolute atomic E-state index is 11.6. The third-order valence-electron chi connectivity index (χ3n) is 7.04. The first kappa shape index (κ1) is 21.4. The van der Waals surface area contributed by atoms with Crippen molar-refractivity contribution in [2.24, 2.45) is 0 Å². The standard InChI is InChI=1S/C23H33N7O2/c1-14-10-21(29-28-14)26-20-13-19-18(4-3-8-24-19)23(27-20)25-15-11-16-5-6-17(12-15)30(16)9-7-22(31)32-2/h3-4,8,13-17,21,28-29H,5-7,9-12H2,1-2H3,(H2,25,26,27)/t14?,15?,16-,17+,21?. The van der Waals surface area contributed by atoms with Gasteiger partial charge in [-0.1, -0.05) is 0 Å². The van der Waals surface area contributed by atoms with Gasteiger partial charge in [-0.05, 0) is 51.2 Å². The fourth-order valence-corrected chi connectivity index (χ4v) is 5.52. The number of aromatic nitrogens is 2. The number of hydrogen-bond acceptors (Lipinski definition) is 9. The Kier molecular flexibility index (Phi) is 6.12. The summed E-state index contributed by atoms with van der Waals surface area (Å²) in [5.74, 6) is 1.59. The number of carbonyl (C=O) groups is 1. The summed E-state index contributed by atoms with van der Waals surface area (Å²) >= 11 is 0. The number of nitrogens with zero attached hydrogens (tertiary/aromatic N) is 3. The Morgan fingerprint density at radius 3 is 2.75 bits per heavy atom. The average Bonchev–Trinajstić information content (AvgIpc) is 3.30. The highest BCUT2D eigenvalue weighted by molar-refractivity contribution is 5.91. The monoisotopic (exact) mass is 439 g/mol. The number of pyridine rings is 2. The van der Waals surface area contributed by atoms with Gasteiger partial charge in [-0.2, -0.15) is 0 Å². The van der Waals surface area contributed by atoms with E-state index in [4.69, 9.17) is 9.72 Å². The van der Waals surface area contributed by atoms with Crippen molar-refractivity contribution in [2.75, 3.05) is 24.3 Å². The molecule has 32 heavy (non-hydrogen) atoms. The van der Waals surface area contributed by atoms with Crippen molar-refractivity contribution in [3.63, 3.8) is 0 Å². The minimum Gasteiger partial charge on any atom is -0.469 e. The maximum atomic E-state index is 11.6. The molecule has 0 spiro atoms. The molecule has 172 valence electrons. The number of anilines is 2. The van der Waals surface area contributed by atoms with Gasteiger partial charge in [-0.25, -0.2) is 10.4 Å². The number of piperidine rings is 1. The summed E-state index contributed by atoms with van der Waals surface area (Å²) in [7, 11) is 1.46. The number of hydrazine groups is 1. The Bertz CT molecular complexity index is 957. The molecule has 3 fully saturated rings. The van der Waals surface area contributed by atoms with Crippen LogP contribution in [0.25, 0.3) is 10.9 Å². The highest BCUT2D eigenvalue weighted by Crippen LogP contribution is 2.37. The van der Waals surface area contributed by atoms with Crippen LogP contribution in [0.5, 0.6) is 0 Å². The quantitative estimate of drug-likeness (QED) is 0.484. The number of methoxy groups -OCH3 is 1. The zero-order valence-electron chi connectivity index (χ0n) is 18.8. The number of nitrogens with one attached hydrogen (secondary N) is 4. The van der Waals surface area contributed by atoms with Crippen LogP contribution in [0, 0.1) is 0 Å². The molecule has 3 aliphatic rings. The van der Waals surface area contributed by atoms with E-state index < -0.39 is 0 Å². The van der Waals surface area contributed by atoms with Crippen molar-refractivity contribution in [1.82, 2.24) is 25.7 Å². The Morgan fingerprint density at radius 2 is 2.03 bits per heavy atom. The molecule has 0 radical (unpaired) electrons. The molecule has 3 saturated heterocycles. The van der Waals surface area contributed by atoms with Crippen molar-refractivity contribution in [1.29, 1.82) is 0 Å². The van der Waals surface area contributed by atoms with Crippen molar-refractivity contribution < 1.29 is 9.53 Å². The van der Waals surface area contributed by atoms with Crippen LogP contribution in [0.2, 0.25) is 0 Å². The van der Waals surface area contributed by atoms with Crippen molar-refractivity contribution in [3.8, 4) is 0 Å². The molecule has 0 aromatic carbocycles. The van der Waals surface area contributed by atoms with Crippen LogP contribution in [0.3, 0.4) is 0 Å². The highest BCUT2D eigenvalue weighted by atomic mass is 16.5. The molecule has 2 aromatic heterocycles. The summed E-state index contributed by atoms with van der Waals surface area (Å²) in [5, 5.41) is 8.29. The van der Waals surface area contributed by atoms with Crippen LogP contribution in [-0.4, -0.2) is 64.8 Å². The first-order valence-corrected chi connectivity index (χ1v) is 11.7. The lowest BCUT2D eigenvalue weighted by Gasteiger charge is -2.39. The molecule has 2 bridgehead atoms. The zero-order chi connectivity index (χ0) is 22.1. The normalized spacial score (nSPS) is 29.9.